The average Bonchev–Trinajstić information content (AvgIpc) is 2.30. The molecular weight excluding hydrogens is 234 g/mol. The van der Waals surface area contributed by atoms with E-state index in [1.54, 1.807) is 0 Å². The first-order valence-electron chi connectivity index (χ1n) is 8.01. The van der Waals surface area contributed by atoms with Gasteiger partial charge in [-0.25, -0.2) is 0 Å². The third kappa shape index (κ3) is 5.80. The quantitative estimate of drug-likeness (QED) is 0.702. The van der Waals surface area contributed by atoms with Gasteiger partial charge in [-0.1, -0.05) is 20.8 Å². The fourth-order valence-corrected chi connectivity index (χ4v) is 3.07. The highest BCUT2D eigenvalue weighted by Crippen LogP contribution is 2.21. The van der Waals surface area contributed by atoms with Gasteiger partial charge in [-0.15, -0.1) is 0 Å². The topological polar surface area (TPSA) is 9.72 Å². The van der Waals surface area contributed by atoms with Gasteiger partial charge in [-0.05, 0) is 52.9 Å². The summed E-state index contributed by atoms with van der Waals surface area (Å²) in [5.41, 5.74) is 0.331. The Morgan fingerprint density at radius 2 is 1.89 bits per heavy atom. The maximum absolute atomic E-state index is 2.69. The van der Waals surface area contributed by atoms with Gasteiger partial charge in [0.05, 0.1) is 0 Å². The summed E-state index contributed by atoms with van der Waals surface area (Å²) in [6.07, 6.45) is 1.29. The highest BCUT2D eigenvalue weighted by Gasteiger charge is 2.33. The van der Waals surface area contributed by atoms with Crippen molar-refractivity contribution >= 4 is 0 Å². The van der Waals surface area contributed by atoms with Crippen molar-refractivity contribution in [3.63, 3.8) is 0 Å². The lowest BCUT2D eigenvalue weighted by molar-refractivity contribution is 0.0133. The Morgan fingerprint density at radius 3 is 2.42 bits per heavy atom. The summed E-state index contributed by atoms with van der Waals surface area (Å²) in [6, 6.07) is 0. The van der Waals surface area contributed by atoms with Crippen LogP contribution in [0.3, 0.4) is 0 Å². The summed E-state index contributed by atoms with van der Waals surface area (Å²) in [6.45, 7) is 20.2. The Bertz CT molecular complexity index is 250. The van der Waals surface area contributed by atoms with Crippen LogP contribution < -0.4 is 0 Å². The lowest BCUT2D eigenvalue weighted by Crippen LogP contribution is -2.59. The number of hydrogen-bond acceptors (Lipinski definition) is 3. The van der Waals surface area contributed by atoms with Gasteiger partial charge in [0.25, 0.3) is 0 Å². The molecule has 0 saturated carbocycles. The molecule has 1 aliphatic heterocycles. The lowest BCUT2D eigenvalue weighted by atomic mass is 9.97. The first kappa shape index (κ1) is 16.9. The molecule has 0 aromatic carbocycles. The second kappa shape index (κ2) is 7.61. The number of hydrogen-bond donors (Lipinski definition) is 0. The molecule has 19 heavy (non-hydrogen) atoms. The van der Waals surface area contributed by atoms with Crippen molar-refractivity contribution in [2.75, 3.05) is 52.9 Å². The Balaban J connectivity index is 2.36. The molecule has 1 fully saturated rings. The van der Waals surface area contributed by atoms with E-state index in [0.29, 0.717) is 5.54 Å². The van der Waals surface area contributed by atoms with Crippen LogP contribution in [0.5, 0.6) is 0 Å². The van der Waals surface area contributed by atoms with E-state index >= 15 is 0 Å². The van der Waals surface area contributed by atoms with E-state index in [4.69, 9.17) is 0 Å². The number of nitrogens with zero attached hydrogens (tertiary/aromatic N) is 3. The Hall–Kier alpha value is -0.120. The molecule has 1 rings (SSSR count). The molecule has 0 unspecified atom stereocenters. The van der Waals surface area contributed by atoms with Crippen molar-refractivity contribution in [1.82, 2.24) is 14.7 Å². The van der Waals surface area contributed by atoms with E-state index in [0.717, 1.165) is 12.5 Å². The fourth-order valence-electron chi connectivity index (χ4n) is 3.07. The molecule has 0 aliphatic carbocycles. The minimum absolute atomic E-state index is 0.331. The minimum Gasteiger partial charge on any atom is -0.307 e. The van der Waals surface area contributed by atoms with Crippen LogP contribution in [0.15, 0.2) is 0 Å². The molecule has 0 N–H and O–H groups in total. The van der Waals surface area contributed by atoms with Gasteiger partial charge in [0.15, 0.2) is 0 Å². The third-order valence-electron chi connectivity index (χ3n) is 4.28. The van der Waals surface area contributed by atoms with Crippen LogP contribution in [-0.4, -0.2) is 73.1 Å². The summed E-state index contributed by atoms with van der Waals surface area (Å²) in [5, 5.41) is 0. The first-order valence-corrected chi connectivity index (χ1v) is 8.01. The molecule has 1 aliphatic rings. The molecule has 114 valence electrons. The number of piperazine rings is 1. The molecule has 0 atom stereocenters. The smallest absolute Gasteiger partial charge is 0.0280 e. The summed E-state index contributed by atoms with van der Waals surface area (Å²) in [5.74, 6) is 0.778. The minimum atomic E-state index is 0.331. The number of rotatable bonds is 7. The molecule has 3 nitrogen and oxygen atoms in total. The molecule has 0 bridgehead atoms. The maximum atomic E-state index is 2.69. The van der Waals surface area contributed by atoms with E-state index in [2.05, 4.69) is 56.4 Å². The van der Waals surface area contributed by atoms with Crippen molar-refractivity contribution in [2.24, 2.45) is 5.92 Å². The fraction of sp³-hybridized carbons (Fsp3) is 1.00. The highest BCUT2D eigenvalue weighted by atomic mass is 15.3. The Morgan fingerprint density at radius 1 is 1.21 bits per heavy atom. The van der Waals surface area contributed by atoms with Crippen LogP contribution >= 0.6 is 0 Å². The molecule has 0 aromatic rings. The normalized spacial score (nSPS) is 21.5. The molecular formula is C16H35N3. The zero-order valence-electron chi connectivity index (χ0n) is 14.1. The Kier molecular flexibility index (Phi) is 6.78. The zero-order valence-corrected chi connectivity index (χ0v) is 14.1. The zero-order chi connectivity index (χ0) is 14.5. The molecule has 0 amide bonds. The monoisotopic (exact) mass is 269 g/mol. The van der Waals surface area contributed by atoms with Crippen molar-refractivity contribution in [3.05, 3.63) is 0 Å². The van der Waals surface area contributed by atoms with E-state index in [1.807, 2.05) is 0 Å². The van der Waals surface area contributed by atoms with Crippen molar-refractivity contribution in [1.29, 1.82) is 0 Å². The average molecular weight is 269 g/mol. The van der Waals surface area contributed by atoms with Gasteiger partial charge in [-0.2, -0.15) is 0 Å². The predicted octanol–water partition coefficient (Wildman–Crippen LogP) is 2.38. The molecule has 3 heteroatoms. The van der Waals surface area contributed by atoms with Crippen LogP contribution in [0.1, 0.15) is 41.0 Å². The van der Waals surface area contributed by atoms with E-state index < -0.39 is 0 Å². The predicted molar refractivity (Wildman–Crippen MR) is 84.7 cm³/mol. The summed E-state index contributed by atoms with van der Waals surface area (Å²) < 4.78 is 0. The van der Waals surface area contributed by atoms with E-state index in [-0.39, 0.29) is 0 Å². The van der Waals surface area contributed by atoms with Gasteiger partial charge < -0.3 is 4.90 Å². The van der Waals surface area contributed by atoms with Gasteiger partial charge >= 0.3 is 0 Å². The third-order valence-corrected chi connectivity index (χ3v) is 4.28. The second-order valence-electron chi connectivity index (χ2n) is 7.18. The summed E-state index contributed by atoms with van der Waals surface area (Å²) in [4.78, 5) is 7.73. The molecule has 1 saturated heterocycles. The molecule has 1 heterocycles. The van der Waals surface area contributed by atoms with E-state index in [9.17, 15) is 0 Å². The SMILES string of the molecule is CCN(C)CCCN1CCN(CC(C)C)CC1(C)C. The van der Waals surface area contributed by atoms with Gasteiger partial charge in [-0.3, -0.25) is 9.80 Å². The Labute approximate surface area is 120 Å². The highest BCUT2D eigenvalue weighted by molar-refractivity contribution is 4.90. The van der Waals surface area contributed by atoms with Crippen LogP contribution in [0, 0.1) is 5.92 Å². The van der Waals surface area contributed by atoms with Crippen LogP contribution in [0.4, 0.5) is 0 Å². The van der Waals surface area contributed by atoms with E-state index in [1.165, 1.54) is 45.7 Å². The van der Waals surface area contributed by atoms with Crippen molar-refractivity contribution in [2.45, 2.75) is 46.6 Å². The molecule has 0 radical (unpaired) electrons. The maximum Gasteiger partial charge on any atom is 0.0280 e. The van der Waals surface area contributed by atoms with Crippen LogP contribution in [0.25, 0.3) is 0 Å². The largest absolute Gasteiger partial charge is 0.307 e. The van der Waals surface area contributed by atoms with Crippen molar-refractivity contribution in [3.8, 4) is 0 Å². The van der Waals surface area contributed by atoms with Gasteiger partial charge in [0.2, 0.25) is 0 Å². The lowest BCUT2D eigenvalue weighted by Gasteiger charge is -2.48. The first-order chi connectivity index (χ1) is 8.85. The van der Waals surface area contributed by atoms with Crippen LogP contribution in [-0.2, 0) is 0 Å². The van der Waals surface area contributed by atoms with Crippen molar-refractivity contribution < 1.29 is 0 Å². The van der Waals surface area contributed by atoms with Gasteiger partial charge in [0, 0.05) is 31.7 Å². The summed E-state index contributed by atoms with van der Waals surface area (Å²) >= 11 is 0. The molecule has 0 spiro atoms. The summed E-state index contributed by atoms with van der Waals surface area (Å²) in [7, 11) is 2.21. The standard InChI is InChI=1S/C16H35N3/c1-7-17(6)9-8-10-19-12-11-18(13-15(2)3)14-16(19,4)5/h15H,7-14H2,1-6H3. The molecule has 0 aromatic heterocycles. The van der Waals surface area contributed by atoms with Crippen LogP contribution in [0.2, 0.25) is 0 Å². The second-order valence-corrected chi connectivity index (χ2v) is 7.18. The van der Waals surface area contributed by atoms with Gasteiger partial charge in [0.1, 0.15) is 0 Å².